The molecule has 2 heteroatoms. The third-order valence-corrected chi connectivity index (χ3v) is 1.32. The van der Waals surface area contributed by atoms with Gasteiger partial charge in [-0.25, -0.2) is 0 Å². The van der Waals surface area contributed by atoms with Gasteiger partial charge in [-0.15, -0.1) is 0 Å². The Morgan fingerprint density at radius 3 is 2.33 bits per heavy atom. The third kappa shape index (κ3) is 4.10. The normalized spacial score (nSPS) is 12.7. The molecule has 0 bridgehead atoms. The zero-order valence-electron chi connectivity index (χ0n) is 6.06. The van der Waals surface area contributed by atoms with Crippen LogP contribution in [0.4, 0.5) is 0 Å². The van der Waals surface area contributed by atoms with Gasteiger partial charge in [0.15, 0.2) is 0 Å². The van der Waals surface area contributed by atoms with E-state index in [-0.39, 0.29) is 0 Å². The third-order valence-electron chi connectivity index (χ3n) is 0.853. The monoisotopic (exact) mass is 145 g/mol. The van der Waals surface area contributed by atoms with Gasteiger partial charge in [-0.05, 0) is 13.0 Å². The van der Waals surface area contributed by atoms with Crippen molar-refractivity contribution in [2.45, 2.75) is 6.92 Å². The van der Waals surface area contributed by atoms with Crippen LogP contribution in [0.25, 0.3) is 0 Å². The van der Waals surface area contributed by atoms with Crippen molar-refractivity contribution in [3.8, 4) is 0 Å². The molecule has 9 heavy (non-hydrogen) atoms. The number of nitrogens with zero attached hydrogens (tertiary/aromatic N) is 1. The van der Waals surface area contributed by atoms with E-state index in [1.165, 1.54) is 0 Å². The highest BCUT2D eigenvalue weighted by Crippen LogP contribution is 2.02. The van der Waals surface area contributed by atoms with Crippen molar-refractivity contribution in [2.24, 2.45) is 0 Å². The lowest BCUT2D eigenvalue weighted by Gasteiger charge is -2.07. The van der Waals surface area contributed by atoms with E-state index in [2.05, 4.69) is 0 Å². The molecule has 0 aliphatic heterocycles. The Balaban J connectivity index is 3.84. The molecule has 0 amide bonds. The molecule has 0 fully saturated rings. The Bertz CT molecular complexity index is 125. The molecule has 52 valence electrons. The minimum Gasteiger partial charge on any atom is -0.368 e. The van der Waals surface area contributed by atoms with Crippen LogP contribution in [0, 0.1) is 0 Å². The molecular weight excluding hydrogens is 134 g/mol. The summed E-state index contributed by atoms with van der Waals surface area (Å²) in [4.78, 5) is 1.85. The Morgan fingerprint density at radius 2 is 2.00 bits per heavy atom. The first-order chi connectivity index (χ1) is 4.18. The van der Waals surface area contributed by atoms with Crippen LogP contribution in [0.1, 0.15) is 6.92 Å². The van der Waals surface area contributed by atoms with Gasteiger partial charge in [-0.3, -0.25) is 0 Å². The maximum atomic E-state index is 5.73. The number of allylic oxidation sites excluding steroid dienone is 3. The maximum Gasteiger partial charge on any atom is 0.104 e. The highest BCUT2D eigenvalue weighted by molar-refractivity contribution is 6.29. The average molecular weight is 146 g/mol. The first-order valence-electron chi connectivity index (χ1n) is 2.84. The van der Waals surface area contributed by atoms with Crippen molar-refractivity contribution in [1.82, 2.24) is 4.90 Å². The first-order valence-corrected chi connectivity index (χ1v) is 3.22. The molecule has 0 N–H and O–H groups in total. The van der Waals surface area contributed by atoms with Crippen LogP contribution in [-0.4, -0.2) is 19.0 Å². The molecule has 0 atom stereocenters. The number of hydrogen-bond donors (Lipinski definition) is 0. The molecule has 0 aromatic rings. The van der Waals surface area contributed by atoms with Gasteiger partial charge in [-0.2, -0.15) is 0 Å². The van der Waals surface area contributed by atoms with Crippen molar-refractivity contribution in [3.05, 3.63) is 23.4 Å². The van der Waals surface area contributed by atoms with Crippen LogP contribution < -0.4 is 0 Å². The second-order valence-corrected chi connectivity index (χ2v) is 2.30. The molecule has 0 aromatic heterocycles. The van der Waals surface area contributed by atoms with Crippen LogP contribution in [0.5, 0.6) is 0 Å². The summed E-state index contributed by atoms with van der Waals surface area (Å²) in [6.45, 7) is 1.95. The fourth-order valence-corrected chi connectivity index (χ4v) is 0.397. The zero-order valence-corrected chi connectivity index (χ0v) is 6.81. The Labute approximate surface area is 61.6 Å². The molecule has 0 rings (SSSR count). The summed E-state index contributed by atoms with van der Waals surface area (Å²) < 4.78 is 0. The standard InChI is InChI=1S/C7H12ClN/c1-4-5-6-7(8)9(2)3/h4-6H,1-3H3. The van der Waals surface area contributed by atoms with E-state index in [1.54, 1.807) is 0 Å². The van der Waals surface area contributed by atoms with Gasteiger partial charge < -0.3 is 4.90 Å². The molecule has 0 aliphatic rings. The molecule has 0 saturated carbocycles. The predicted octanol–water partition coefficient (Wildman–Crippen LogP) is 2.20. The minimum atomic E-state index is 0.744. The van der Waals surface area contributed by atoms with E-state index in [0.29, 0.717) is 0 Å². The van der Waals surface area contributed by atoms with Gasteiger partial charge >= 0.3 is 0 Å². The summed E-state index contributed by atoms with van der Waals surface area (Å²) in [6, 6.07) is 0. The molecule has 0 unspecified atom stereocenters. The highest BCUT2D eigenvalue weighted by Gasteiger charge is 1.88. The second kappa shape index (κ2) is 4.45. The summed E-state index contributed by atoms with van der Waals surface area (Å²) in [5.41, 5.74) is 0. The van der Waals surface area contributed by atoms with Crippen molar-refractivity contribution in [3.63, 3.8) is 0 Å². The first kappa shape index (κ1) is 8.57. The van der Waals surface area contributed by atoms with Crippen molar-refractivity contribution in [1.29, 1.82) is 0 Å². The van der Waals surface area contributed by atoms with E-state index >= 15 is 0 Å². The van der Waals surface area contributed by atoms with Crippen LogP contribution in [-0.2, 0) is 0 Å². The van der Waals surface area contributed by atoms with E-state index in [0.717, 1.165) is 5.16 Å². The van der Waals surface area contributed by atoms with Crippen LogP contribution in [0.2, 0.25) is 0 Å². The zero-order chi connectivity index (χ0) is 7.28. The SMILES string of the molecule is CC=CC=C(Cl)N(C)C. The predicted molar refractivity (Wildman–Crippen MR) is 42.4 cm³/mol. The Hall–Kier alpha value is -0.430. The summed E-state index contributed by atoms with van der Waals surface area (Å²) in [7, 11) is 3.81. The van der Waals surface area contributed by atoms with Gasteiger partial charge in [0.25, 0.3) is 0 Å². The molecular formula is C7H12ClN. The summed E-state index contributed by atoms with van der Waals surface area (Å²) in [6.07, 6.45) is 5.69. The summed E-state index contributed by atoms with van der Waals surface area (Å²) in [5.74, 6) is 0. The highest BCUT2D eigenvalue weighted by atomic mass is 35.5. The smallest absolute Gasteiger partial charge is 0.104 e. The van der Waals surface area contributed by atoms with Gasteiger partial charge in [-0.1, -0.05) is 23.8 Å². The largest absolute Gasteiger partial charge is 0.368 e. The van der Waals surface area contributed by atoms with E-state index in [9.17, 15) is 0 Å². The Kier molecular flexibility index (Phi) is 4.24. The van der Waals surface area contributed by atoms with E-state index in [1.807, 2.05) is 44.1 Å². The van der Waals surface area contributed by atoms with Crippen molar-refractivity contribution in [2.75, 3.05) is 14.1 Å². The van der Waals surface area contributed by atoms with E-state index < -0.39 is 0 Å². The summed E-state index contributed by atoms with van der Waals surface area (Å²) >= 11 is 5.73. The molecule has 0 aliphatic carbocycles. The Morgan fingerprint density at radius 1 is 1.44 bits per heavy atom. The lowest BCUT2D eigenvalue weighted by atomic mass is 10.5. The lowest BCUT2D eigenvalue weighted by molar-refractivity contribution is 0.547. The molecule has 0 radical (unpaired) electrons. The van der Waals surface area contributed by atoms with Crippen molar-refractivity contribution >= 4 is 11.6 Å². The molecule has 0 heterocycles. The number of rotatable bonds is 2. The van der Waals surface area contributed by atoms with Crippen LogP contribution in [0.15, 0.2) is 23.4 Å². The number of hydrogen-bond acceptors (Lipinski definition) is 1. The molecule has 1 nitrogen and oxygen atoms in total. The molecule has 0 spiro atoms. The van der Waals surface area contributed by atoms with Gasteiger partial charge in [0.1, 0.15) is 5.16 Å². The topological polar surface area (TPSA) is 3.24 Å². The van der Waals surface area contributed by atoms with E-state index in [4.69, 9.17) is 11.6 Å². The number of halogens is 1. The van der Waals surface area contributed by atoms with Gasteiger partial charge in [0.05, 0.1) is 0 Å². The quantitative estimate of drug-likeness (QED) is 0.426. The maximum absolute atomic E-state index is 5.73. The van der Waals surface area contributed by atoms with Crippen LogP contribution in [0.3, 0.4) is 0 Å². The average Bonchev–Trinajstić information content (AvgIpc) is 1.82. The fraction of sp³-hybridized carbons (Fsp3) is 0.429. The lowest BCUT2D eigenvalue weighted by Crippen LogP contribution is -2.05. The van der Waals surface area contributed by atoms with Crippen LogP contribution >= 0.6 is 11.6 Å². The molecule has 0 aromatic carbocycles. The second-order valence-electron chi connectivity index (χ2n) is 1.91. The van der Waals surface area contributed by atoms with Crippen molar-refractivity contribution < 1.29 is 0 Å². The fourth-order valence-electron chi connectivity index (χ4n) is 0.325. The van der Waals surface area contributed by atoms with Gasteiger partial charge in [0, 0.05) is 14.1 Å². The minimum absolute atomic E-state index is 0.744. The molecule has 0 saturated heterocycles. The summed E-state index contributed by atoms with van der Waals surface area (Å²) in [5, 5.41) is 0.744. The van der Waals surface area contributed by atoms with Gasteiger partial charge in [0.2, 0.25) is 0 Å².